The molecule has 1 saturated heterocycles. The third-order valence-electron chi connectivity index (χ3n) is 3.87. The van der Waals surface area contributed by atoms with Gasteiger partial charge in [0.05, 0.1) is 12.3 Å². The summed E-state index contributed by atoms with van der Waals surface area (Å²) in [6.45, 7) is 3.71. The summed E-state index contributed by atoms with van der Waals surface area (Å²) in [5, 5.41) is 4.30. The average Bonchev–Trinajstić information content (AvgIpc) is 2.99. The summed E-state index contributed by atoms with van der Waals surface area (Å²) in [6.07, 6.45) is 2.60. The van der Waals surface area contributed by atoms with E-state index in [2.05, 4.69) is 29.2 Å². The number of likely N-dealkylation sites (tertiary alicyclic amines) is 1. The van der Waals surface area contributed by atoms with Gasteiger partial charge in [-0.1, -0.05) is 0 Å². The van der Waals surface area contributed by atoms with Crippen LogP contribution in [0.15, 0.2) is 0 Å². The van der Waals surface area contributed by atoms with Crippen LogP contribution in [0, 0.1) is 0 Å². The summed E-state index contributed by atoms with van der Waals surface area (Å²) in [4.78, 5) is 10.8. The quantitative estimate of drug-likeness (QED) is 0.827. The molecular formula is C14H26N4OS. The van der Waals surface area contributed by atoms with E-state index in [0.717, 1.165) is 23.9 Å². The van der Waals surface area contributed by atoms with Crippen LogP contribution >= 0.6 is 11.3 Å². The number of methoxy groups -OCH3 is 1. The predicted molar refractivity (Wildman–Crippen MR) is 84.5 cm³/mol. The fourth-order valence-corrected chi connectivity index (χ4v) is 3.73. The molecule has 2 rings (SSSR count). The maximum absolute atomic E-state index is 5.25. The highest BCUT2D eigenvalue weighted by molar-refractivity contribution is 7.15. The van der Waals surface area contributed by atoms with Crippen LogP contribution < -0.4 is 10.2 Å². The third-order valence-corrected chi connectivity index (χ3v) is 5.08. The van der Waals surface area contributed by atoms with Crippen molar-refractivity contribution in [3.63, 3.8) is 0 Å². The van der Waals surface area contributed by atoms with Crippen LogP contribution in [0.3, 0.4) is 0 Å². The second-order valence-corrected chi connectivity index (χ2v) is 6.55. The first-order valence-electron chi connectivity index (χ1n) is 7.19. The number of nitrogens with zero attached hydrogens (tertiary/aromatic N) is 3. The molecule has 1 atom stereocenters. The van der Waals surface area contributed by atoms with Crippen molar-refractivity contribution in [2.45, 2.75) is 32.0 Å². The van der Waals surface area contributed by atoms with Crippen molar-refractivity contribution in [3.05, 3.63) is 10.6 Å². The van der Waals surface area contributed by atoms with Crippen molar-refractivity contribution in [2.75, 3.05) is 46.2 Å². The van der Waals surface area contributed by atoms with Crippen LogP contribution in [0.4, 0.5) is 5.13 Å². The van der Waals surface area contributed by atoms with E-state index in [9.17, 15) is 0 Å². The van der Waals surface area contributed by atoms with Gasteiger partial charge in [-0.3, -0.25) is 0 Å². The number of ether oxygens (including phenoxy) is 1. The van der Waals surface area contributed by atoms with Crippen LogP contribution in [0.1, 0.15) is 23.4 Å². The van der Waals surface area contributed by atoms with Crippen molar-refractivity contribution >= 4 is 16.5 Å². The number of rotatable bonds is 7. The van der Waals surface area contributed by atoms with Gasteiger partial charge >= 0.3 is 0 Å². The lowest BCUT2D eigenvalue weighted by Crippen LogP contribution is -2.36. The van der Waals surface area contributed by atoms with Crippen molar-refractivity contribution in [1.29, 1.82) is 0 Å². The van der Waals surface area contributed by atoms with Crippen molar-refractivity contribution < 1.29 is 4.74 Å². The molecule has 1 aromatic heterocycles. The Bertz CT molecular complexity index is 400. The Balaban J connectivity index is 2.04. The molecule has 20 heavy (non-hydrogen) atoms. The molecule has 1 aliphatic rings. The molecule has 6 heteroatoms. The van der Waals surface area contributed by atoms with Gasteiger partial charge in [-0.25, -0.2) is 4.98 Å². The van der Waals surface area contributed by atoms with Gasteiger partial charge in [0.1, 0.15) is 0 Å². The predicted octanol–water partition coefficient (Wildman–Crippen LogP) is 1.54. The standard InChI is InChI=1S/C14H26N4OS/c1-15-8-13-12(10-19-4)16-14(20-13)18(3)9-11-6-5-7-17(11)2/h11,15H,5-10H2,1-4H3. The lowest BCUT2D eigenvalue weighted by Gasteiger charge is -2.25. The molecule has 114 valence electrons. The zero-order chi connectivity index (χ0) is 14.5. The van der Waals surface area contributed by atoms with Crippen LogP contribution in [-0.4, -0.2) is 57.3 Å². The minimum atomic E-state index is 0.588. The van der Waals surface area contributed by atoms with Gasteiger partial charge in [0.25, 0.3) is 0 Å². The molecule has 1 fully saturated rings. The molecule has 0 saturated carbocycles. The minimum absolute atomic E-state index is 0.588. The summed E-state index contributed by atoms with van der Waals surface area (Å²) in [5.74, 6) is 0. The van der Waals surface area contributed by atoms with Gasteiger partial charge < -0.3 is 19.9 Å². The molecule has 0 aliphatic carbocycles. The highest BCUT2D eigenvalue weighted by Crippen LogP contribution is 2.27. The number of hydrogen-bond acceptors (Lipinski definition) is 6. The fourth-order valence-electron chi connectivity index (χ4n) is 2.69. The Morgan fingerprint density at radius 3 is 2.95 bits per heavy atom. The van der Waals surface area contributed by atoms with E-state index < -0.39 is 0 Å². The first-order valence-corrected chi connectivity index (χ1v) is 8.00. The number of nitrogens with one attached hydrogen (secondary N) is 1. The zero-order valence-electron chi connectivity index (χ0n) is 13.0. The molecule has 1 unspecified atom stereocenters. The van der Waals surface area contributed by atoms with Crippen LogP contribution in [0.25, 0.3) is 0 Å². The smallest absolute Gasteiger partial charge is 0.185 e. The second-order valence-electron chi connectivity index (χ2n) is 5.49. The average molecular weight is 298 g/mol. The van der Waals surface area contributed by atoms with Crippen molar-refractivity contribution in [2.24, 2.45) is 0 Å². The number of hydrogen-bond donors (Lipinski definition) is 1. The molecule has 5 nitrogen and oxygen atoms in total. The molecule has 1 aliphatic heterocycles. The second kappa shape index (κ2) is 7.36. The van der Waals surface area contributed by atoms with E-state index in [-0.39, 0.29) is 0 Å². The Morgan fingerprint density at radius 2 is 2.35 bits per heavy atom. The summed E-state index contributed by atoms with van der Waals surface area (Å²) >= 11 is 1.77. The van der Waals surface area contributed by atoms with Gasteiger partial charge in [-0.2, -0.15) is 0 Å². The number of likely N-dealkylation sites (N-methyl/N-ethyl adjacent to an activating group) is 2. The largest absolute Gasteiger partial charge is 0.378 e. The van der Waals surface area contributed by atoms with Gasteiger partial charge in [0, 0.05) is 38.2 Å². The molecule has 0 radical (unpaired) electrons. The number of anilines is 1. The van der Waals surface area contributed by atoms with E-state index in [1.54, 1.807) is 18.4 Å². The zero-order valence-corrected chi connectivity index (χ0v) is 13.8. The first-order chi connectivity index (χ1) is 9.65. The minimum Gasteiger partial charge on any atom is -0.378 e. The number of aromatic nitrogens is 1. The topological polar surface area (TPSA) is 40.6 Å². The Kier molecular flexibility index (Phi) is 5.77. The van der Waals surface area contributed by atoms with Gasteiger partial charge in [-0.05, 0) is 33.5 Å². The Morgan fingerprint density at radius 1 is 1.55 bits per heavy atom. The lowest BCUT2D eigenvalue weighted by molar-refractivity contribution is 0.181. The highest BCUT2D eigenvalue weighted by Gasteiger charge is 2.23. The summed E-state index contributed by atoms with van der Waals surface area (Å²) in [6, 6.07) is 0.655. The fraction of sp³-hybridized carbons (Fsp3) is 0.786. The summed E-state index contributed by atoms with van der Waals surface area (Å²) < 4.78 is 5.25. The van der Waals surface area contributed by atoms with Crippen molar-refractivity contribution in [1.82, 2.24) is 15.2 Å². The molecule has 0 amide bonds. The molecule has 1 N–H and O–H groups in total. The Labute approximate surface area is 125 Å². The maximum Gasteiger partial charge on any atom is 0.185 e. The van der Waals surface area contributed by atoms with Gasteiger partial charge in [0.2, 0.25) is 0 Å². The molecule has 0 bridgehead atoms. The van der Waals surface area contributed by atoms with E-state index in [1.807, 2.05) is 7.05 Å². The summed E-state index contributed by atoms with van der Waals surface area (Å²) in [5.41, 5.74) is 1.06. The Hall–Kier alpha value is -0.690. The molecule has 0 aromatic carbocycles. The molecule has 2 heterocycles. The summed E-state index contributed by atoms with van der Waals surface area (Å²) in [7, 11) is 8.05. The first kappa shape index (κ1) is 15.7. The van der Waals surface area contributed by atoms with Gasteiger partial charge in [0.15, 0.2) is 5.13 Å². The monoisotopic (exact) mass is 298 g/mol. The van der Waals surface area contributed by atoms with E-state index in [1.165, 1.54) is 24.3 Å². The normalized spacial score (nSPS) is 19.7. The van der Waals surface area contributed by atoms with Crippen LogP contribution in [-0.2, 0) is 17.9 Å². The molecule has 0 spiro atoms. The molecular weight excluding hydrogens is 272 g/mol. The van der Waals surface area contributed by atoms with E-state index >= 15 is 0 Å². The van der Waals surface area contributed by atoms with Gasteiger partial charge in [-0.15, -0.1) is 11.3 Å². The maximum atomic E-state index is 5.25. The van der Waals surface area contributed by atoms with Crippen molar-refractivity contribution in [3.8, 4) is 0 Å². The van der Waals surface area contributed by atoms with E-state index in [4.69, 9.17) is 9.72 Å². The third kappa shape index (κ3) is 3.69. The number of thiazole rings is 1. The lowest BCUT2D eigenvalue weighted by atomic mass is 10.2. The van der Waals surface area contributed by atoms with Crippen LogP contribution in [0.2, 0.25) is 0 Å². The highest BCUT2D eigenvalue weighted by atomic mass is 32.1. The van der Waals surface area contributed by atoms with Crippen LogP contribution in [0.5, 0.6) is 0 Å². The van der Waals surface area contributed by atoms with E-state index in [0.29, 0.717) is 12.6 Å². The SMILES string of the molecule is CNCc1sc(N(C)CC2CCCN2C)nc1COC. The molecule has 1 aromatic rings.